The molecule has 8 heteroatoms. The van der Waals surface area contributed by atoms with E-state index in [1.54, 1.807) is 6.26 Å². The number of nitrogens with one attached hydrogen (secondary N) is 1. The van der Waals surface area contributed by atoms with Crippen molar-refractivity contribution in [2.24, 2.45) is 22.7 Å². The zero-order chi connectivity index (χ0) is 26.9. The van der Waals surface area contributed by atoms with Crippen LogP contribution in [-0.4, -0.2) is 76.5 Å². The van der Waals surface area contributed by atoms with Crippen LogP contribution >= 0.6 is 0 Å². The first kappa shape index (κ1) is 26.3. The Morgan fingerprint density at radius 1 is 0.947 bits per heavy atom. The zero-order valence-electron chi connectivity index (χ0n) is 23.2. The molecule has 0 radical (unpaired) electrons. The van der Waals surface area contributed by atoms with Crippen molar-refractivity contribution in [2.75, 3.05) is 33.2 Å². The van der Waals surface area contributed by atoms with Gasteiger partial charge >= 0.3 is 11.7 Å². The zero-order valence-corrected chi connectivity index (χ0v) is 23.2. The molecule has 5 fully saturated rings. The molecular weight excluding hydrogens is 482 g/mol. The fourth-order valence-electron chi connectivity index (χ4n) is 9.72. The van der Waals surface area contributed by atoms with Gasteiger partial charge in [0.05, 0.1) is 17.5 Å². The van der Waals surface area contributed by atoms with Crippen molar-refractivity contribution in [3.63, 3.8) is 0 Å². The van der Waals surface area contributed by atoms with Gasteiger partial charge in [-0.2, -0.15) is 0 Å². The van der Waals surface area contributed by atoms with Crippen LogP contribution < -0.4 is 10.9 Å². The number of nitrogens with zero attached hydrogens (tertiary/aromatic N) is 2. The summed E-state index contributed by atoms with van der Waals surface area (Å²) < 4.78 is 5.21. The Morgan fingerprint density at radius 3 is 2.37 bits per heavy atom. The van der Waals surface area contributed by atoms with Crippen LogP contribution in [0.3, 0.4) is 0 Å². The number of fused-ring (bicyclic) bond motifs is 5. The molecule has 38 heavy (non-hydrogen) atoms. The lowest BCUT2D eigenvalue weighted by atomic mass is 9.42. The summed E-state index contributed by atoms with van der Waals surface area (Å²) >= 11 is 0. The monoisotopic (exact) mass is 527 g/mol. The van der Waals surface area contributed by atoms with E-state index in [2.05, 4.69) is 31.1 Å². The van der Waals surface area contributed by atoms with E-state index in [1.165, 1.54) is 6.07 Å². The fraction of sp³-hybridized carbons (Fsp3) is 0.800. The number of piperazine rings is 1. The van der Waals surface area contributed by atoms with Crippen molar-refractivity contribution in [1.29, 1.82) is 0 Å². The van der Waals surface area contributed by atoms with Crippen molar-refractivity contribution in [3.8, 4) is 0 Å². The smallest absolute Gasteiger partial charge is 0.335 e. The van der Waals surface area contributed by atoms with Gasteiger partial charge in [0.15, 0.2) is 0 Å². The average molecular weight is 528 g/mol. The van der Waals surface area contributed by atoms with Crippen molar-refractivity contribution in [1.82, 2.24) is 15.1 Å². The van der Waals surface area contributed by atoms with Crippen molar-refractivity contribution in [3.05, 3.63) is 34.4 Å². The maximum atomic E-state index is 13.0. The molecular formula is C30H45N3O5. The molecule has 1 aliphatic heterocycles. The highest BCUT2D eigenvalue weighted by Gasteiger charge is 2.70. The first-order chi connectivity index (χ1) is 18.0. The minimum Gasteiger partial charge on any atom is -0.431 e. The number of urea groups is 1. The molecule has 8 atom stereocenters. The van der Waals surface area contributed by atoms with Crippen LogP contribution in [0.5, 0.6) is 0 Å². The quantitative estimate of drug-likeness (QED) is 0.545. The predicted octanol–water partition coefficient (Wildman–Crippen LogP) is 3.32. The first-order valence-electron chi connectivity index (χ1n) is 14.8. The van der Waals surface area contributed by atoms with Gasteiger partial charge in [0.1, 0.15) is 0 Å². The van der Waals surface area contributed by atoms with Crippen LogP contribution in [-0.2, 0) is 0 Å². The average Bonchev–Trinajstić information content (AvgIpc) is 3.16. The van der Waals surface area contributed by atoms with Crippen LogP contribution in [0.4, 0.5) is 4.79 Å². The van der Waals surface area contributed by atoms with Crippen LogP contribution in [0.15, 0.2) is 27.6 Å². The second-order valence-electron chi connectivity index (χ2n) is 13.7. The number of rotatable bonds is 2. The summed E-state index contributed by atoms with van der Waals surface area (Å²) in [5.41, 5.74) is -1.53. The van der Waals surface area contributed by atoms with E-state index in [1.807, 2.05) is 11.0 Å². The predicted molar refractivity (Wildman–Crippen MR) is 144 cm³/mol. The minimum absolute atomic E-state index is 0.000442. The molecule has 2 heterocycles. The summed E-state index contributed by atoms with van der Waals surface area (Å²) in [7, 11) is 2.08. The lowest BCUT2D eigenvalue weighted by Crippen LogP contribution is -2.68. The van der Waals surface area contributed by atoms with Crippen LogP contribution in [0.1, 0.15) is 83.1 Å². The van der Waals surface area contributed by atoms with Gasteiger partial charge in [-0.1, -0.05) is 13.8 Å². The van der Waals surface area contributed by atoms with Crippen LogP contribution in [0.25, 0.3) is 0 Å². The Balaban J connectivity index is 1.18. The van der Waals surface area contributed by atoms with E-state index in [-0.39, 0.29) is 46.3 Å². The third-order valence-corrected chi connectivity index (χ3v) is 12.2. The molecule has 0 spiro atoms. The Morgan fingerprint density at radius 2 is 1.66 bits per heavy atom. The van der Waals surface area contributed by atoms with Gasteiger partial charge in [0.25, 0.3) is 0 Å². The molecule has 5 aliphatic rings. The summed E-state index contributed by atoms with van der Waals surface area (Å²) in [6.45, 7) is 7.77. The second kappa shape index (κ2) is 9.07. The number of carbonyl (C=O) groups excluding carboxylic acids is 1. The maximum Gasteiger partial charge on any atom is 0.335 e. The molecule has 4 aliphatic carbocycles. The fourth-order valence-corrected chi connectivity index (χ4v) is 9.72. The summed E-state index contributed by atoms with van der Waals surface area (Å²) in [5, 5.41) is 27.9. The normalized spacial score (nSPS) is 45.1. The van der Waals surface area contributed by atoms with Crippen molar-refractivity contribution in [2.45, 2.75) is 94.8 Å². The van der Waals surface area contributed by atoms with Gasteiger partial charge in [-0.3, -0.25) is 0 Å². The lowest BCUT2D eigenvalue weighted by molar-refractivity contribution is -0.247. The highest BCUT2D eigenvalue weighted by molar-refractivity contribution is 5.74. The van der Waals surface area contributed by atoms with E-state index < -0.39 is 11.2 Å². The molecule has 3 N–H and O–H groups in total. The number of carbonyl (C=O) groups is 1. The van der Waals surface area contributed by atoms with Crippen LogP contribution in [0.2, 0.25) is 0 Å². The SMILES string of the molecule is CN1CCN(C(=O)N[C@H]2CC[C@]3(C)[C@H]4CC[C@]5(C)[C@@H](c6ccc(=O)oc6)CC[C@]5(O)[C@@H]4CC[C@]3(O)C2)CC1. The molecule has 210 valence electrons. The lowest BCUT2D eigenvalue weighted by Gasteiger charge is -2.66. The first-order valence-corrected chi connectivity index (χ1v) is 14.8. The molecule has 1 aromatic heterocycles. The molecule has 1 aromatic rings. The number of hydrogen-bond donors (Lipinski definition) is 3. The highest BCUT2D eigenvalue weighted by Crippen LogP contribution is 2.71. The highest BCUT2D eigenvalue weighted by atomic mass is 16.4. The number of aliphatic hydroxyl groups is 2. The molecule has 0 aromatic carbocycles. The van der Waals surface area contributed by atoms with Gasteiger partial charge in [-0.25, -0.2) is 9.59 Å². The van der Waals surface area contributed by atoms with Crippen molar-refractivity contribution >= 4 is 6.03 Å². The molecule has 8 nitrogen and oxygen atoms in total. The van der Waals surface area contributed by atoms with E-state index >= 15 is 0 Å². The van der Waals surface area contributed by atoms with Crippen LogP contribution in [0, 0.1) is 22.7 Å². The van der Waals surface area contributed by atoms with Gasteiger partial charge in [0.2, 0.25) is 0 Å². The molecule has 1 saturated heterocycles. The molecule has 0 bridgehead atoms. The summed E-state index contributed by atoms with van der Waals surface area (Å²) in [6.07, 6.45) is 8.87. The minimum atomic E-state index is -0.836. The number of likely N-dealkylation sites (N-methyl/N-ethyl adjacent to an activating group) is 1. The van der Waals surface area contributed by atoms with E-state index in [4.69, 9.17) is 4.42 Å². The second-order valence-corrected chi connectivity index (χ2v) is 13.7. The molecule has 0 unspecified atom stereocenters. The summed E-state index contributed by atoms with van der Waals surface area (Å²) in [4.78, 5) is 28.7. The van der Waals surface area contributed by atoms with E-state index in [9.17, 15) is 19.8 Å². The van der Waals surface area contributed by atoms with Gasteiger partial charge < -0.3 is 29.7 Å². The Labute approximate surface area is 225 Å². The summed E-state index contributed by atoms with van der Waals surface area (Å²) in [5.74, 6) is 0.553. The third kappa shape index (κ3) is 3.80. The van der Waals surface area contributed by atoms with Gasteiger partial charge in [0, 0.05) is 43.7 Å². The third-order valence-electron chi connectivity index (χ3n) is 12.2. The standard InChI is InChI=1S/C30H45N3O5/c1-27-10-6-21(31-26(35)33-16-14-32(3)15-17-33)18-29(27,36)12-8-24-23(27)7-11-28(2)22(9-13-30(24,28)37)20-4-5-25(34)38-19-20/h4-5,19,21-24,36-37H,6-18H2,1-3H3,(H,31,35)/t21-,22+,23-,24+,27+,28+,29-,30-/m0/s1. The maximum absolute atomic E-state index is 13.0. The van der Waals surface area contributed by atoms with E-state index in [0.29, 0.717) is 12.8 Å². The molecule has 2 amide bonds. The van der Waals surface area contributed by atoms with E-state index in [0.717, 1.165) is 76.7 Å². The van der Waals surface area contributed by atoms with Gasteiger partial charge in [-0.15, -0.1) is 0 Å². The molecule has 4 saturated carbocycles. The van der Waals surface area contributed by atoms with Gasteiger partial charge in [-0.05, 0) is 99.6 Å². The number of amides is 2. The Bertz CT molecular complexity index is 1110. The molecule has 6 rings (SSSR count). The largest absolute Gasteiger partial charge is 0.431 e. The van der Waals surface area contributed by atoms with Crippen molar-refractivity contribution < 1.29 is 19.4 Å². The topological polar surface area (TPSA) is 106 Å². The Hall–Kier alpha value is -1.90. The Kier molecular flexibility index (Phi) is 6.28. The number of hydrogen-bond acceptors (Lipinski definition) is 6. The summed E-state index contributed by atoms with van der Waals surface area (Å²) in [6, 6.07) is 3.35.